The molecular formula is C83H97ClF3N15O9. The first-order valence-electron chi connectivity index (χ1n) is 37.9. The van der Waals surface area contributed by atoms with Gasteiger partial charge in [0.2, 0.25) is 0 Å². The fourth-order valence-corrected chi connectivity index (χ4v) is 14.4. The molecule has 13 rings (SSSR count). The Morgan fingerprint density at radius 1 is 0.450 bits per heavy atom. The van der Waals surface area contributed by atoms with Gasteiger partial charge in [0.1, 0.15) is 46.7 Å². The van der Waals surface area contributed by atoms with Gasteiger partial charge < -0.3 is 44.7 Å². The minimum absolute atomic E-state index is 0.110. The Labute approximate surface area is 648 Å². The van der Waals surface area contributed by atoms with Crippen molar-refractivity contribution >= 4 is 64.0 Å². The van der Waals surface area contributed by atoms with Crippen LogP contribution in [0.15, 0.2) is 134 Å². The number of aromatic nitrogens is 9. The normalized spacial score (nSPS) is 17.0. The lowest BCUT2D eigenvalue weighted by Crippen LogP contribution is -2.57. The summed E-state index contributed by atoms with van der Waals surface area (Å²) in [7, 11) is 0. The van der Waals surface area contributed by atoms with Crippen LogP contribution in [0.1, 0.15) is 186 Å². The fourth-order valence-electron chi connectivity index (χ4n) is 14.2. The van der Waals surface area contributed by atoms with Gasteiger partial charge in [-0.25, -0.2) is 41.7 Å². The number of aliphatic hydroxyl groups excluding tert-OH is 3. The number of amides is 6. The molecule has 3 saturated heterocycles. The van der Waals surface area contributed by atoms with E-state index >= 15 is 0 Å². The van der Waals surface area contributed by atoms with Crippen LogP contribution < -0.4 is 0 Å². The number of rotatable bonds is 18. The predicted molar refractivity (Wildman–Crippen MR) is 416 cm³/mol. The zero-order valence-corrected chi connectivity index (χ0v) is 65.4. The molecule has 0 radical (unpaired) electrons. The maximum Gasteiger partial charge on any atom is 0.274 e. The summed E-state index contributed by atoms with van der Waals surface area (Å²) in [4.78, 5) is 103. The number of aliphatic hydroxyl groups is 3. The van der Waals surface area contributed by atoms with E-state index in [1.807, 2.05) is 101 Å². The number of piperazine rings is 3. The minimum Gasteiger partial charge on any atom is -0.383 e. The van der Waals surface area contributed by atoms with Gasteiger partial charge in [0.05, 0.1) is 35.7 Å². The van der Waals surface area contributed by atoms with Gasteiger partial charge >= 0.3 is 0 Å². The highest BCUT2D eigenvalue weighted by Gasteiger charge is 2.38. The first kappa shape index (κ1) is 81.5. The van der Waals surface area contributed by atoms with E-state index in [0.29, 0.717) is 110 Å². The Kier molecular flexibility index (Phi) is 25.9. The highest BCUT2D eigenvalue weighted by Crippen LogP contribution is 2.33. The quantitative estimate of drug-likeness (QED) is 0.0720. The summed E-state index contributed by atoms with van der Waals surface area (Å²) in [6.07, 6.45) is 4.05. The van der Waals surface area contributed by atoms with Crippen LogP contribution in [0.5, 0.6) is 0 Å². The third kappa shape index (κ3) is 18.6. The SMILES string of the molecule is CC(C)C[C@@H](O)C(=O)N1CCN(C(=O)c2cn3nc(-c4ccc(F)cc4)cc(C(C)C)c3n2)C[C@@H]1C.CC(C)c1cc(-c2ccc(F)cc2)nn2cc(C(=O)N3CCN(C(=O)[C@H](O)c4ccccc4Cl)[C@@H](C)C3)nc12.CCCCC(O)C(=O)N1CCN(C(=O)c2cn3nc(-c4ccc(F)cc4)cc(C(C)C)c3n2)C[C@@H]1C. The van der Waals surface area contributed by atoms with Crippen LogP contribution >= 0.6 is 11.6 Å². The number of benzene rings is 4. The molecule has 0 aliphatic carbocycles. The number of nitrogens with zero attached hydrogens (tertiary/aromatic N) is 15. The summed E-state index contributed by atoms with van der Waals surface area (Å²) in [5.41, 5.74) is 10.1. The zero-order chi connectivity index (χ0) is 80.0. The Balaban J connectivity index is 0.000000165. The van der Waals surface area contributed by atoms with Crippen LogP contribution in [0.3, 0.4) is 0 Å². The third-order valence-corrected chi connectivity index (χ3v) is 20.8. The lowest BCUT2D eigenvalue weighted by atomic mass is 10.0. The van der Waals surface area contributed by atoms with Crippen molar-refractivity contribution in [2.45, 2.75) is 163 Å². The maximum absolute atomic E-state index is 13.5. The number of carbonyl (C=O) groups excluding carboxylic acids is 6. The minimum atomic E-state index is -1.38. The highest BCUT2D eigenvalue weighted by atomic mass is 35.5. The summed E-state index contributed by atoms with van der Waals surface area (Å²) < 4.78 is 45.1. The molecule has 6 amide bonds. The fraction of sp³-hybridized carbons (Fsp3) is 0.422. The third-order valence-electron chi connectivity index (χ3n) is 20.4. The molecule has 3 N–H and O–H groups in total. The molecule has 24 nitrogen and oxygen atoms in total. The van der Waals surface area contributed by atoms with Crippen LogP contribution in [0, 0.1) is 23.4 Å². The second-order valence-electron chi connectivity index (χ2n) is 30.2. The molecule has 28 heteroatoms. The lowest BCUT2D eigenvalue weighted by molar-refractivity contribution is -0.145. The average Bonchev–Trinajstić information content (AvgIpc) is 1.65. The van der Waals surface area contributed by atoms with Crippen LogP contribution in [-0.4, -0.2) is 213 Å². The first-order valence-corrected chi connectivity index (χ1v) is 38.3. The van der Waals surface area contributed by atoms with Crippen molar-refractivity contribution < 1.29 is 57.3 Å². The monoisotopic (exact) mass is 1540 g/mol. The summed E-state index contributed by atoms with van der Waals surface area (Å²) in [5, 5.41) is 45.4. The van der Waals surface area contributed by atoms with Crippen molar-refractivity contribution in [2.24, 2.45) is 5.92 Å². The smallest absolute Gasteiger partial charge is 0.274 e. The first-order chi connectivity index (χ1) is 52.9. The summed E-state index contributed by atoms with van der Waals surface area (Å²) >= 11 is 6.17. The molecule has 3 aliphatic rings. The van der Waals surface area contributed by atoms with Gasteiger partial charge in [-0.2, -0.15) is 15.3 Å². The van der Waals surface area contributed by atoms with Crippen molar-refractivity contribution in [3.63, 3.8) is 0 Å². The molecule has 0 bridgehead atoms. The molecule has 586 valence electrons. The summed E-state index contributed by atoms with van der Waals surface area (Å²) in [5.74, 6) is -2.07. The maximum atomic E-state index is 13.5. The van der Waals surface area contributed by atoms with E-state index in [1.54, 1.807) is 122 Å². The van der Waals surface area contributed by atoms with Gasteiger partial charge in [-0.15, -0.1) is 0 Å². The standard InChI is InChI=1S/C29H29ClFN5O3.2C27H34FN5O3/c1-17(2)22-14-24(19-8-10-20(31)11-9-19)33-36-16-25(32-27(22)36)28(38)34-12-13-35(18(3)15-34)29(39)26(37)21-6-4-5-7-23(21)30;1-16(2)12-24(34)27(36)32-11-10-31(14-18(32)5)26(35)23-15-33-25(29-23)21(17(3)4)13-22(30-33)19-6-8-20(28)9-7-19;1-5-6-7-24(34)27(36)32-13-12-31(15-18(32)4)26(35)23-16-33-25(29-23)21(17(2)3)14-22(30-33)19-8-10-20(28)11-9-19/h4-11,14,16-18,26,37H,12-13,15H2,1-3H3;6-9,13,15-18,24,34H,10-12,14H2,1-5H3;8-11,14,16-18,24,34H,5-7,12-13,15H2,1-4H3/t18-,26+;18-,24+;18-,24?/m000/s1. The molecule has 6 atom stereocenters. The molecular weight excluding hydrogens is 1440 g/mol. The molecule has 111 heavy (non-hydrogen) atoms. The van der Waals surface area contributed by atoms with Crippen LogP contribution in [0.2, 0.25) is 5.02 Å². The van der Waals surface area contributed by atoms with E-state index in [-0.39, 0.29) is 112 Å². The molecule has 1 unspecified atom stereocenters. The van der Waals surface area contributed by atoms with Gasteiger partial charge in [0.25, 0.3) is 35.4 Å². The Morgan fingerprint density at radius 3 is 1.08 bits per heavy atom. The predicted octanol–water partition coefficient (Wildman–Crippen LogP) is 12.3. The van der Waals surface area contributed by atoms with Crippen molar-refractivity contribution in [3.8, 4) is 33.8 Å². The number of unbranched alkanes of at least 4 members (excludes halogenated alkanes) is 1. The van der Waals surface area contributed by atoms with E-state index in [4.69, 9.17) is 11.6 Å². The number of halogens is 4. The number of hydrogen-bond donors (Lipinski definition) is 3. The second kappa shape index (κ2) is 35.3. The average molecular weight is 1540 g/mol. The van der Waals surface area contributed by atoms with Gasteiger partial charge in [-0.05, 0) is 154 Å². The number of imidazole rings is 3. The van der Waals surface area contributed by atoms with E-state index in [0.717, 1.165) is 46.2 Å². The Hall–Kier alpha value is -10.5. The zero-order valence-electron chi connectivity index (χ0n) is 64.7. The molecule has 3 aliphatic heterocycles. The highest BCUT2D eigenvalue weighted by molar-refractivity contribution is 6.31. The van der Waals surface area contributed by atoms with Gasteiger partial charge in [0.15, 0.2) is 23.0 Å². The van der Waals surface area contributed by atoms with Gasteiger partial charge in [-0.3, -0.25) is 28.8 Å². The van der Waals surface area contributed by atoms with Crippen molar-refractivity contribution in [1.29, 1.82) is 0 Å². The van der Waals surface area contributed by atoms with E-state index in [1.165, 1.54) is 36.4 Å². The van der Waals surface area contributed by atoms with E-state index in [9.17, 15) is 57.3 Å². The van der Waals surface area contributed by atoms with Crippen molar-refractivity contribution in [1.82, 2.24) is 73.2 Å². The van der Waals surface area contributed by atoms with Crippen molar-refractivity contribution in [2.75, 3.05) is 58.9 Å². The number of hydrogen-bond acceptors (Lipinski definition) is 15. The molecule has 0 spiro atoms. The number of carbonyl (C=O) groups is 6. The molecule has 10 aromatic rings. The molecule has 4 aromatic carbocycles. The topological polar surface area (TPSA) is 273 Å². The molecule has 3 fully saturated rings. The van der Waals surface area contributed by atoms with Gasteiger partial charge in [-0.1, -0.05) is 105 Å². The molecule has 0 saturated carbocycles. The second-order valence-corrected chi connectivity index (χ2v) is 30.7. The van der Waals surface area contributed by atoms with E-state index < -0.39 is 24.2 Å². The molecule has 9 heterocycles. The largest absolute Gasteiger partial charge is 0.383 e. The molecule has 6 aromatic heterocycles. The Bertz CT molecular complexity index is 5010. The summed E-state index contributed by atoms with van der Waals surface area (Å²) in [6.45, 7) is 26.9. The van der Waals surface area contributed by atoms with Crippen LogP contribution in [0.4, 0.5) is 13.2 Å². The number of fused-ring (bicyclic) bond motifs is 3. The summed E-state index contributed by atoms with van der Waals surface area (Å²) in [6, 6.07) is 30.2. The van der Waals surface area contributed by atoms with Crippen LogP contribution in [0.25, 0.3) is 50.7 Å². The van der Waals surface area contributed by atoms with E-state index in [2.05, 4.69) is 30.2 Å². The van der Waals surface area contributed by atoms with Gasteiger partial charge in [0, 0.05) is 121 Å². The lowest BCUT2D eigenvalue weighted by Gasteiger charge is -2.40. The van der Waals surface area contributed by atoms with Crippen LogP contribution in [-0.2, 0) is 14.4 Å². The Morgan fingerprint density at radius 2 is 0.775 bits per heavy atom. The van der Waals surface area contributed by atoms with Crippen molar-refractivity contribution in [3.05, 3.63) is 196 Å².